The Morgan fingerprint density at radius 1 is 1.48 bits per heavy atom. The average Bonchev–Trinajstić information content (AvgIpc) is 2.93. The number of ether oxygens (including phenoxy) is 1. The number of imidazole rings is 1. The number of nitrogens with one attached hydrogen (secondary N) is 1. The molecule has 0 spiro atoms. The highest BCUT2D eigenvalue weighted by molar-refractivity contribution is 6.33. The lowest BCUT2D eigenvalue weighted by Gasteiger charge is -2.13. The number of halogens is 1. The largest absolute Gasteiger partial charge is 0.496 e. The second kappa shape index (κ2) is 7.37. The fraction of sp³-hybridized carbons (Fsp3) is 0.375. The SMILES string of the molecule is COc1cc(N)c(Cl)cc1C(=O)NCc1nccn1CC(C)C. The van der Waals surface area contributed by atoms with Gasteiger partial charge in [-0.05, 0) is 12.0 Å². The van der Waals surface area contributed by atoms with Gasteiger partial charge in [0.05, 0.1) is 29.9 Å². The molecule has 2 rings (SSSR count). The zero-order chi connectivity index (χ0) is 17.0. The van der Waals surface area contributed by atoms with Crippen molar-refractivity contribution in [1.82, 2.24) is 14.9 Å². The van der Waals surface area contributed by atoms with Crippen molar-refractivity contribution in [1.29, 1.82) is 0 Å². The number of nitrogens with two attached hydrogens (primary N) is 1. The minimum atomic E-state index is -0.289. The van der Waals surface area contributed by atoms with Gasteiger partial charge in [-0.2, -0.15) is 0 Å². The fourth-order valence-electron chi connectivity index (χ4n) is 2.24. The van der Waals surface area contributed by atoms with Crippen molar-refractivity contribution in [2.45, 2.75) is 26.9 Å². The van der Waals surface area contributed by atoms with Crippen LogP contribution in [0.1, 0.15) is 30.0 Å². The molecule has 3 N–H and O–H groups in total. The van der Waals surface area contributed by atoms with Crippen molar-refractivity contribution in [3.63, 3.8) is 0 Å². The second-order valence-corrected chi connectivity index (χ2v) is 6.05. The zero-order valence-corrected chi connectivity index (χ0v) is 14.2. The summed E-state index contributed by atoms with van der Waals surface area (Å²) < 4.78 is 7.22. The third-order valence-corrected chi connectivity index (χ3v) is 3.66. The van der Waals surface area contributed by atoms with Crippen LogP contribution < -0.4 is 15.8 Å². The molecule has 0 fully saturated rings. The first-order valence-electron chi connectivity index (χ1n) is 7.33. The topological polar surface area (TPSA) is 82.2 Å². The zero-order valence-electron chi connectivity index (χ0n) is 13.5. The van der Waals surface area contributed by atoms with E-state index >= 15 is 0 Å². The van der Waals surface area contributed by atoms with E-state index in [1.165, 1.54) is 19.2 Å². The molecular weight excluding hydrogens is 316 g/mol. The molecule has 1 aromatic carbocycles. The molecule has 1 heterocycles. The van der Waals surface area contributed by atoms with E-state index in [0.29, 0.717) is 34.5 Å². The molecule has 0 bridgehead atoms. The number of rotatable bonds is 6. The molecule has 0 saturated carbocycles. The monoisotopic (exact) mass is 336 g/mol. The number of carbonyl (C=O) groups is 1. The van der Waals surface area contributed by atoms with E-state index in [1.807, 2.05) is 10.8 Å². The van der Waals surface area contributed by atoms with Gasteiger partial charge in [0.1, 0.15) is 11.6 Å². The molecule has 0 aliphatic heterocycles. The van der Waals surface area contributed by atoms with E-state index in [2.05, 4.69) is 24.1 Å². The molecule has 1 aromatic heterocycles. The molecule has 0 atom stereocenters. The Balaban J connectivity index is 2.11. The van der Waals surface area contributed by atoms with Gasteiger partial charge in [0, 0.05) is 25.0 Å². The molecule has 124 valence electrons. The van der Waals surface area contributed by atoms with E-state index in [1.54, 1.807) is 6.20 Å². The number of nitrogens with zero attached hydrogens (tertiary/aromatic N) is 2. The van der Waals surface area contributed by atoms with Crippen LogP contribution in [0.4, 0.5) is 5.69 Å². The molecule has 0 radical (unpaired) electrons. The number of hydrogen-bond acceptors (Lipinski definition) is 4. The van der Waals surface area contributed by atoms with Crippen LogP contribution in [0.2, 0.25) is 5.02 Å². The van der Waals surface area contributed by atoms with Crippen molar-refractivity contribution in [2.24, 2.45) is 5.92 Å². The van der Waals surface area contributed by atoms with Crippen molar-refractivity contribution >= 4 is 23.2 Å². The van der Waals surface area contributed by atoms with Gasteiger partial charge in [-0.15, -0.1) is 0 Å². The molecule has 7 heteroatoms. The molecular formula is C16H21ClN4O2. The summed E-state index contributed by atoms with van der Waals surface area (Å²) in [5.41, 5.74) is 6.44. The van der Waals surface area contributed by atoms with Gasteiger partial charge in [-0.1, -0.05) is 25.4 Å². The van der Waals surface area contributed by atoms with Crippen LogP contribution in [-0.2, 0) is 13.1 Å². The standard InChI is InChI=1S/C16H21ClN4O2/c1-10(2)9-21-5-4-19-15(21)8-20-16(22)11-6-12(17)13(18)7-14(11)23-3/h4-7,10H,8-9,18H2,1-3H3,(H,20,22). The van der Waals surface area contributed by atoms with Crippen molar-refractivity contribution in [3.05, 3.63) is 40.9 Å². The Hall–Kier alpha value is -2.21. The van der Waals surface area contributed by atoms with E-state index in [-0.39, 0.29) is 5.91 Å². The maximum atomic E-state index is 12.4. The summed E-state index contributed by atoms with van der Waals surface area (Å²) in [6.07, 6.45) is 3.63. The summed E-state index contributed by atoms with van der Waals surface area (Å²) in [4.78, 5) is 16.7. The number of aromatic nitrogens is 2. The molecule has 23 heavy (non-hydrogen) atoms. The summed E-state index contributed by atoms with van der Waals surface area (Å²) in [7, 11) is 1.48. The fourth-order valence-corrected chi connectivity index (χ4v) is 2.40. The summed E-state index contributed by atoms with van der Waals surface area (Å²) in [5.74, 6) is 1.39. The second-order valence-electron chi connectivity index (χ2n) is 5.65. The maximum Gasteiger partial charge on any atom is 0.255 e. The molecule has 1 amide bonds. The first-order chi connectivity index (χ1) is 10.9. The maximum absolute atomic E-state index is 12.4. The number of hydrogen-bond donors (Lipinski definition) is 2. The number of carbonyl (C=O) groups excluding carboxylic acids is 1. The third-order valence-electron chi connectivity index (χ3n) is 3.33. The average molecular weight is 337 g/mol. The number of anilines is 1. The predicted molar refractivity (Wildman–Crippen MR) is 90.7 cm³/mol. The lowest BCUT2D eigenvalue weighted by molar-refractivity contribution is 0.0946. The molecule has 2 aromatic rings. The number of amides is 1. The molecule has 0 unspecified atom stereocenters. The Morgan fingerprint density at radius 3 is 2.87 bits per heavy atom. The smallest absolute Gasteiger partial charge is 0.255 e. The van der Waals surface area contributed by atoms with E-state index in [0.717, 1.165) is 12.4 Å². The van der Waals surface area contributed by atoms with Crippen LogP contribution in [0.3, 0.4) is 0 Å². The molecule has 6 nitrogen and oxygen atoms in total. The number of methoxy groups -OCH3 is 1. The lowest BCUT2D eigenvalue weighted by atomic mass is 10.1. The predicted octanol–water partition coefficient (Wildman–Crippen LogP) is 2.71. The minimum Gasteiger partial charge on any atom is -0.496 e. The molecule has 0 aliphatic carbocycles. The van der Waals surface area contributed by atoms with Gasteiger partial charge in [0.25, 0.3) is 5.91 Å². The van der Waals surface area contributed by atoms with E-state index < -0.39 is 0 Å². The Morgan fingerprint density at radius 2 is 2.22 bits per heavy atom. The van der Waals surface area contributed by atoms with Crippen LogP contribution in [-0.4, -0.2) is 22.6 Å². The first-order valence-corrected chi connectivity index (χ1v) is 7.71. The summed E-state index contributed by atoms with van der Waals surface area (Å²) >= 11 is 5.99. The highest BCUT2D eigenvalue weighted by Crippen LogP contribution is 2.28. The van der Waals surface area contributed by atoms with Gasteiger partial charge in [-0.3, -0.25) is 4.79 Å². The van der Waals surface area contributed by atoms with Crippen LogP contribution in [0.25, 0.3) is 0 Å². The first kappa shape index (κ1) is 17.1. The summed E-state index contributed by atoms with van der Waals surface area (Å²) in [6.45, 7) is 5.43. The highest BCUT2D eigenvalue weighted by atomic mass is 35.5. The Kier molecular flexibility index (Phi) is 5.50. The van der Waals surface area contributed by atoms with Gasteiger partial charge in [0.15, 0.2) is 0 Å². The number of benzene rings is 1. The van der Waals surface area contributed by atoms with Crippen LogP contribution >= 0.6 is 11.6 Å². The highest BCUT2D eigenvalue weighted by Gasteiger charge is 2.15. The van der Waals surface area contributed by atoms with E-state index in [9.17, 15) is 4.79 Å². The summed E-state index contributed by atoms with van der Waals surface area (Å²) in [5, 5.41) is 3.15. The van der Waals surface area contributed by atoms with Crippen LogP contribution in [0, 0.1) is 5.92 Å². The Bertz CT molecular complexity index is 697. The van der Waals surface area contributed by atoms with Crippen molar-refractivity contribution < 1.29 is 9.53 Å². The molecule has 0 aliphatic rings. The van der Waals surface area contributed by atoms with E-state index in [4.69, 9.17) is 22.1 Å². The molecule has 0 saturated heterocycles. The van der Waals surface area contributed by atoms with Gasteiger partial charge >= 0.3 is 0 Å². The lowest BCUT2D eigenvalue weighted by Crippen LogP contribution is -2.25. The van der Waals surface area contributed by atoms with Gasteiger partial charge in [-0.25, -0.2) is 4.98 Å². The minimum absolute atomic E-state index is 0.289. The number of nitrogen functional groups attached to an aromatic ring is 1. The Labute approximate surface area is 140 Å². The third kappa shape index (κ3) is 4.16. The summed E-state index contributed by atoms with van der Waals surface area (Å²) in [6, 6.07) is 3.04. The van der Waals surface area contributed by atoms with Crippen molar-refractivity contribution in [2.75, 3.05) is 12.8 Å². The normalized spacial score (nSPS) is 10.8. The quantitative estimate of drug-likeness (QED) is 0.795. The van der Waals surface area contributed by atoms with Crippen LogP contribution in [0.5, 0.6) is 5.75 Å². The van der Waals surface area contributed by atoms with Crippen LogP contribution in [0.15, 0.2) is 24.5 Å². The van der Waals surface area contributed by atoms with Crippen molar-refractivity contribution in [3.8, 4) is 5.75 Å². The van der Waals surface area contributed by atoms with Gasteiger partial charge in [0.2, 0.25) is 0 Å². The van der Waals surface area contributed by atoms with Gasteiger partial charge < -0.3 is 20.4 Å².